The molecule has 0 aliphatic rings. The molecule has 0 fully saturated rings. The number of hydrogen-bond donors (Lipinski definition) is 1. The molecule has 0 aliphatic heterocycles. The number of aryl methyl sites for hydroxylation is 1. The molecule has 0 aromatic heterocycles. The summed E-state index contributed by atoms with van der Waals surface area (Å²) in [5.74, 6) is -0.0130. The van der Waals surface area contributed by atoms with Crippen molar-refractivity contribution in [1.82, 2.24) is 0 Å². The zero-order valence-electron chi connectivity index (χ0n) is 11.4. The van der Waals surface area contributed by atoms with Gasteiger partial charge in [0.2, 0.25) is 0 Å². The summed E-state index contributed by atoms with van der Waals surface area (Å²) >= 11 is 1.64. The second-order valence-electron chi connectivity index (χ2n) is 4.37. The molecular formula is C16H16FNOS. The molecule has 20 heavy (non-hydrogen) atoms. The summed E-state index contributed by atoms with van der Waals surface area (Å²) in [5.41, 5.74) is 1.57. The van der Waals surface area contributed by atoms with Crippen molar-refractivity contribution in [2.75, 3.05) is 11.1 Å². The summed E-state index contributed by atoms with van der Waals surface area (Å²) in [6.45, 7) is 3.83. The summed E-state index contributed by atoms with van der Waals surface area (Å²) < 4.78 is 13.8. The van der Waals surface area contributed by atoms with Crippen LogP contribution in [-0.4, -0.2) is 11.7 Å². The Morgan fingerprint density at radius 1 is 1.25 bits per heavy atom. The highest BCUT2D eigenvalue weighted by Gasteiger charge is 2.13. The molecule has 0 heterocycles. The van der Waals surface area contributed by atoms with Gasteiger partial charge in [-0.1, -0.05) is 25.1 Å². The first-order valence-corrected chi connectivity index (χ1v) is 7.39. The van der Waals surface area contributed by atoms with Crippen LogP contribution in [0, 0.1) is 12.7 Å². The van der Waals surface area contributed by atoms with Gasteiger partial charge in [-0.3, -0.25) is 4.79 Å². The van der Waals surface area contributed by atoms with Gasteiger partial charge in [0.1, 0.15) is 5.82 Å². The SMILES string of the molecule is CCSc1ccccc1NC(=O)c1ccc(C)cc1F. The highest BCUT2D eigenvalue weighted by atomic mass is 32.2. The van der Waals surface area contributed by atoms with Crippen LogP contribution in [0.2, 0.25) is 0 Å². The zero-order chi connectivity index (χ0) is 14.5. The van der Waals surface area contributed by atoms with E-state index in [4.69, 9.17) is 0 Å². The third-order valence-electron chi connectivity index (χ3n) is 2.80. The summed E-state index contributed by atoms with van der Waals surface area (Å²) in [6.07, 6.45) is 0. The quantitative estimate of drug-likeness (QED) is 0.840. The number of thioether (sulfide) groups is 1. The highest BCUT2D eigenvalue weighted by Crippen LogP contribution is 2.27. The number of carbonyl (C=O) groups excluding carboxylic acids is 1. The van der Waals surface area contributed by atoms with Crippen LogP contribution in [0.5, 0.6) is 0 Å². The zero-order valence-corrected chi connectivity index (χ0v) is 12.3. The molecule has 0 aliphatic carbocycles. The van der Waals surface area contributed by atoms with Crippen LogP contribution in [0.3, 0.4) is 0 Å². The largest absolute Gasteiger partial charge is 0.321 e. The average molecular weight is 289 g/mol. The van der Waals surface area contributed by atoms with E-state index in [1.807, 2.05) is 31.2 Å². The standard InChI is InChI=1S/C16H16FNOS/c1-3-20-15-7-5-4-6-14(15)18-16(19)12-9-8-11(2)10-13(12)17/h4-10H,3H2,1-2H3,(H,18,19). The maximum absolute atomic E-state index is 13.8. The van der Waals surface area contributed by atoms with E-state index in [9.17, 15) is 9.18 Å². The minimum atomic E-state index is -0.497. The molecule has 2 nitrogen and oxygen atoms in total. The van der Waals surface area contributed by atoms with E-state index >= 15 is 0 Å². The first-order valence-electron chi connectivity index (χ1n) is 6.41. The van der Waals surface area contributed by atoms with Crippen molar-refractivity contribution in [2.24, 2.45) is 0 Å². The van der Waals surface area contributed by atoms with Gasteiger partial charge in [-0.2, -0.15) is 0 Å². The van der Waals surface area contributed by atoms with E-state index in [-0.39, 0.29) is 5.56 Å². The number of anilines is 1. The number of para-hydroxylation sites is 1. The van der Waals surface area contributed by atoms with Crippen LogP contribution in [0.25, 0.3) is 0 Å². The first kappa shape index (κ1) is 14.6. The van der Waals surface area contributed by atoms with Crippen molar-refractivity contribution in [1.29, 1.82) is 0 Å². The van der Waals surface area contributed by atoms with Gasteiger partial charge in [-0.15, -0.1) is 11.8 Å². The van der Waals surface area contributed by atoms with Gasteiger partial charge < -0.3 is 5.32 Å². The van der Waals surface area contributed by atoms with Gasteiger partial charge in [0.25, 0.3) is 5.91 Å². The van der Waals surface area contributed by atoms with Gasteiger partial charge in [0.05, 0.1) is 11.3 Å². The number of carbonyl (C=O) groups is 1. The summed E-state index contributed by atoms with van der Waals surface area (Å²) in [7, 11) is 0. The summed E-state index contributed by atoms with van der Waals surface area (Å²) in [4.78, 5) is 13.1. The van der Waals surface area contributed by atoms with Crippen molar-refractivity contribution in [3.05, 3.63) is 59.4 Å². The lowest BCUT2D eigenvalue weighted by molar-refractivity contribution is 0.102. The normalized spacial score (nSPS) is 10.3. The molecule has 4 heteroatoms. The first-order chi connectivity index (χ1) is 9.61. The fourth-order valence-electron chi connectivity index (χ4n) is 1.85. The fraction of sp³-hybridized carbons (Fsp3) is 0.188. The van der Waals surface area contributed by atoms with E-state index in [0.29, 0.717) is 5.69 Å². The van der Waals surface area contributed by atoms with Crippen LogP contribution >= 0.6 is 11.8 Å². The van der Waals surface area contributed by atoms with Gasteiger partial charge in [-0.05, 0) is 42.5 Å². The lowest BCUT2D eigenvalue weighted by Crippen LogP contribution is -2.14. The lowest BCUT2D eigenvalue weighted by Gasteiger charge is -2.10. The molecule has 1 amide bonds. The molecule has 0 saturated heterocycles. The van der Waals surface area contributed by atoms with E-state index in [1.54, 1.807) is 24.8 Å². The Kier molecular flexibility index (Phi) is 4.79. The van der Waals surface area contributed by atoms with Crippen molar-refractivity contribution >= 4 is 23.4 Å². The smallest absolute Gasteiger partial charge is 0.258 e. The van der Waals surface area contributed by atoms with Gasteiger partial charge in [0.15, 0.2) is 0 Å². The number of benzene rings is 2. The van der Waals surface area contributed by atoms with Crippen molar-refractivity contribution in [3.63, 3.8) is 0 Å². The third kappa shape index (κ3) is 3.39. The predicted octanol–water partition coefficient (Wildman–Crippen LogP) is 4.50. The monoisotopic (exact) mass is 289 g/mol. The molecule has 2 aromatic carbocycles. The lowest BCUT2D eigenvalue weighted by atomic mass is 10.1. The number of hydrogen-bond acceptors (Lipinski definition) is 2. The third-order valence-corrected chi connectivity index (χ3v) is 3.76. The molecule has 1 N–H and O–H groups in total. The minimum Gasteiger partial charge on any atom is -0.321 e. The average Bonchev–Trinajstić information content (AvgIpc) is 2.41. The van der Waals surface area contributed by atoms with Crippen LogP contribution in [-0.2, 0) is 0 Å². The molecule has 0 saturated carbocycles. The Morgan fingerprint density at radius 3 is 2.70 bits per heavy atom. The van der Waals surface area contributed by atoms with Crippen LogP contribution in [0.1, 0.15) is 22.8 Å². The van der Waals surface area contributed by atoms with Crippen molar-refractivity contribution in [3.8, 4) is 0 Å². The van der Waals surface area contributed by atoms with Crippen LogP contribution in [0.15, 0.2) is 47.4 Å². The second kappa shape index (κ2) is 6.57. The van der Waals surface area contributed by atoms with Crippen molar-refractivity contribution in [2.45, 2.75) is 18.7 Å². The number of rotatable bonds is 4. The van der Waals surface area contributed by atoms with Gasteiger partial charge in [-0.25, -0.2) is 4.39 Å². The van der Waals surface area contributed by atoms with E-state index in [2.05, 4.69) is 5.32 Å². The number of halogens is 1. The number of amides is 1. The second-order valence-corrected chi connectivity index (χ2v) is 5.67. The van der Waals surface area contributed by atoms with E-state index in [1.165, 1.54) is 12.1 Å². The number of nitrogens with one attached hydrogen (secondary N) is 1. The molecule has 2 aromatic rings. The van der Waals surface area contributed by atoms with Crippen LogP contribution < -0.4 is 5.32 Å². The Balaban J connectivity index is 2.23. The highest BCUT2D eigenvalue weighted by molar-refractivity contribution is 7.99. The minimum absolute atomic E-state index is 0.0619. The maximum atomic E-state index is 13.8. The molecule has 0 bridgehead atoms. The molecule has 104 valence electrons. The Labute approximate surface area is 122 Å². The molecule has 0 radical (unpaired) electrons. The summed E-state index contributed by atoms with van der Waals surface area (Å²) in [6, 6.07) is 12.1. The molecular weight excluding hydrogens is 273 g/mol. The molecule has 0 atom stereocenters. The summed E-state index contributed by atoms with van der Waals surface area (Å²) in [5, 5.41) is 2.77. The van der Waals surface area contributed by atoms with Crippen molar-refractivity contribution < 1.29 is 9.18 Å². The van der Waals surface area contributed by atoms with Gasteiger partial charge in [0, 0.05) is 4.90 Å². The topological polar surface area (TPSA) is 29.1 Å². The molecule has 0 spiro atoms. The van der Waals surface area contributed by atoms with E-state index < -0.39 is 11.7 Å². The Hall–Kier alpha value is -1.81. The maximum Gasteiger partial charge on any atom is 0.258 e. The molecule has 2 rings (SSSR count). The fourth-order valence-corrected chi connectivity index (χ4v) is 2.61. The predicted molar refractivity (Wildman–Crippen MR) is 81.9 cm³/mol. The molecule has 0 unspecified atom stereocenters. The van der Waals surface area contributed by atoms with Gasteiger partial charge >= 0.3 is 0 Å². The van der Waals surface area contributed by atoms with Crippen LogP contribution in [0.4, 0.5) is 10.1 Å². The van der Waals surface area contributed by atoms with E-state index in [0.717, 1.165) is 16.2 Å². The Morgan fingerprint density at radius 2 is 2.00 bits per heavy atom. The Bertz CT molecular complexity index is 628.